The van der Waals surface area contributed by atoms with Gasteiger partial charge in [0.2, 0.25) is 0 Å². The number of hydrogen-bond donors (Lipinski definition) is 1. The second-order valence-electron chi connectivity index (χ2n) is 5.34. The van der Waals surface area contributed by atoms with Crippen molar-refractivity contribution in [1.29, 1.82) is 0 Å². The number of nitrogens with zero attached hydrogens (tertiary/aromatic N) is 1. The smallest absolute Gasteiger partial charge is 0.264 e. The van der Waals surface area contributed by atoms with E-state index < -0.39 is 0 Å². The Morgan fingerprint density at radius 1 is 1.53 bits per heavy atom. The number of rotatable bonds is 1. The summed E-state index contributed by atoms with van der Waals surface area (Å²) in [6.07, 6.45) is 2.39. The minimum Gasteiger partial charge on any atom is -0.337 e. The molecule has 0 aromatic carbocycles. The maximum absolute atomic E-state index is 12.4. The van der Waals surface area contributed by atoms with Gasteiger partial charge in [-0.05, 0) is 43.3 Å². The van der Waals surface area contributed by atoms with E-state index in [0.717, 1.165) is 43.0 Å². The Morgan fingerprint density at radius 3 is 3.06 bits per heavy atom. The van der Waals surface area contributed by atoms with Crippen LogP contribution in [0.2, 0.25) is 0 Å². The second-order valence-corrected chi connectivity index (χ2v) is 6.25. The first-order chi connectivity index (χ1) is 8.20. The number of likely N-dealkylation sites (tertiary alicyclic amines) is 1. The van der Waals surface area contributed by atoms with Crippen LogP contribution in [0.3, 0.4) is 0 Å². The number of carbonyl (C=O) groups is 1. The Balaban J connectivity index is 1.75. The van der Waals surface area contributed by atoms with Crippen molar-refractivity contribution in [2.75, 3.05) is 26.2 Å². The van der Waals surface area contributed by atoms with Crippen LogP contribution in [0.5, 0.6) is 0 Å². The lowest BCUT2D eigenvalue weighted by molar-refractivity contribution is 0.0780. The van der Waals surface area contributed by atoms with E-state index >= 15 is 0 Å². The van der Waals surface area contributed by atoms with E-state index in [0.29, 0.717) is 5.41 Å². The van der Waals surface area contributed by atoms with E-state index in [1.54, 1.807) is 11.3 Å². The van der Waals surface area contributed by atoms with Crippen molar-refractivity contribution in [2.24, 2.45) is 5.41 Å². The first-order valence-electron chi connectivity index (χ1n) is 6.24. The topological polar surface area (TPSA) is 32.3 Å². The highest BCUT2D eigenvalue weighted by atomic mass is 32.1. The molecule has 17 heavy (non-hydrogen) atoms. The number of nitrogens with one attached hydrogen (secondary N) is 1. The molecule has 2 aliphatic rings. The van der Waals surface area contributed by atoms with Gasteiger partial charge in [-0.1, -0.05) is 0 Å². The molecule has 3 heterocycles. The average Bonchev–Trinajstić information content (AvgIpc) is 3.02. The molecular weight excluding hydrogens is 232 g/mol. The van der Waals surface area contributed by atoms with Crippen LogP contribution < -0.4 is 5.32 Å². The van der Waals surface area contributed by atoms with Crippen LogP contribution in [0.25, 0.3) is 0 Å². The zero-order valence-corrected chi connectivity index (χ0v) is 11.0. The summed E-state index contributed by atoms with van der Waals surface area (Å²) in [4.78, 5) is 15.4. The Bertz CT molecular complexity index is 434. The van der Waals surface area contributed by atoms with Crippen molar-refractivity contribution in [3.63, 3.8) is 0 Å². The van der Waals surface area contributed by atoms with Crippen molar-refractivity contribution < 1.29 is 4.79 Å². The molecule has 1 unspecified atom stereocenters. The van der Waals surface area contributed by atoms with Gasteiger partial charge in [0.25, 0.3) is 5.91 Å². The average molecular weight is 250 g/mol. The fourth-order valence-corrected chi connectivity index (χ4v) is 3.88. The lowest BCUT2D eigenvalue weighted by Gasteiger charge is -2.22. The van der Waals surface area contributed by atoms with Crippen molar-refractivity contribution in [3.8, 4) is 0 Å². The minimum absolute atomic E-state index is 0.237. The summed E-state index contributed by atoms with van der Waals surface area (Å²) in [5.41, 5.74) is 1.49. The molecule has 1 spiro atoms. The highest BCUT2D eigenvalue weighted by Gasteiger charge is 2.42. The van der Waals surface area contributed by atoms with Gasteiger partial charge in [-0.3, -0.25) is 4.79 Å². The van der Waals surface area contributed by atoms with Crippen LogP contribution >= 0.6 is 11.3 Å². The van der Waals surface area contributed by atoms with E-state index in [-0.39, 0.29) is 5.91 Å². The minimum atomic E-state index is 0.237. The lowest BCUT2D eigenvalue weighted by Crippen LogP contribution is -2.33. The van der Waals surface area contributed by atoms with Crippen molar-refractivity contribution in [1.82, 2.24) is 10.2 Å². The van der Waals surface area contributed by atoms with Crippen LogP contribution in [0.15, 0.2) is 11.4 Å². The summed E-state index contributed by atoms with van der Waals surface area (Å²) in [5, 5.41) is 5.43. The Kier molecular flexibility index (Phi) is 2.71. The number of hydrogen-bond acceptors (Lipinski definition) is 3. The molecule has 2 fully saturated rings. The number of aryl methyl sites for hydroxylation is 1. The first kappa shape index (κ1) is 11.2. The Morgan fingerprint density at radius 2 is 2.41 bits per heavy atom. The van der Waals surface area contributed by atoms with E-state index in [9.17, 15) is 4.79 Å². The molecule has 3 rings (SSSR count). The highest BCUT2D eigenvalue weighted by molar-refractivity contribution is 7.12. The van der Waals surface area contributed by atoms with Crippen LogP contribution in [0, 0.1) is 12.3 Å². The van der Waals surface area contributed by atoms with E-state index in [2.05, 4.69) is 5.32 Å². The fraction of sp³-hybridized carbons (Fsp3) is 0.615. The van der Waals surface area contributed by atoms with Gasteiger partial charge >= 0.3 is 0 Å². The first-order valence-corrected chi connectivity index (χ1v) is 7.12. The maximum Gasteiger partial charge on any atom is 0.264 e. The third kappa shape index (κ3) is 1.89. The van der Waals surface area contributed by atoms with Crippen LogP contribution in [-0.2, 0) is 0 Å². The van der Waals surface area contributed by atoms with Crippen LogP contribution in [0.4, 0.5) is 0 Å². The molecular formula is C13H18N2OS. The zero-order chi connectivity index (χ0) is 11.9. The molecule has 1 N–H and O–H groups in total. The van der Waals surface area contributed by atoms with E-state index in [1.807, 2.05) is 23.3 Å². The highest BCUT2D eigenvalue weighted by Crippen LogP contribution is 2.37. The summed E-state index contributed by atoms with van der Waals surface area (Å²) >= 11 is 1.57. The summed E-state index contributed by atoms with van der Waals surface area (Å²) in [6, 6.07) is 2.03. The third-order valence-electron chi connectivity index (χ3n) is 4.11. The van der Waals surface area contributed by atoms with Crippen LogP contribution in [0.1, 0.15) is 28.1 Å². The molecule has 2 aliphatic heterocycles. The molecule has 4 heteroatoms. The molecule has 0 saturated carbocycles. The normalized spacial score (nSPS) is 28.2. The molecule has 3 nitrogen and oxygen atoms in total. The molecule has 2 saturated heterocycles. The summed E-state index contributed by atoms with van der Waals surface area (Å²) in [5.74, 6) is 0.237. The maximum atomic E-state index is 12.4. The zero-order valence-electron chi connectivity index (χ0n) is 10.2. The third-order valence-corrected chi connectivity index (χ3v) is 5.12. The van der Waals surface area contributed by atoms with Gasteiger partial charge in [-0.15, -0.1) is 11.3 Å². The van der Waals surface area contributed by atoms with Crippen LogP contribution in [-0.4, -0.2) is 37.0 Å². The van der Waals surface area contributed by atoms with Gasteiger partial charge in [0.15, 0.2) is 0 Å². The number of thiophene rings is 1. The second kappa shape index (κ2) is 4.10. The number of carbonyl (C=O) groups excluding carboxylic acids is 1. The molecule has 1 aromatic rings. The van der Waals surface area contributed by atoms with Gasteiger partial charge < -0.3 is 10.2 Å². The molecule has 1 atom stereocenters. The van der Waals surface area contributed by atoms with Gasteiger partial charge in [0.05, 0.1) is 4.88 Å². The Hall–Kier alpha value is -0.870. The standard InChI is InChI=1S/C13H18N2OS/c1-10-2-7-17-11(10)12(16)15-6-4-13(9-15)3-5-14-8-13/h2,7,14H,3-6,8-9H2,1H3. The van der Waals surface area contributed by atoms with E-state index in [1.165, 1.54) is 6.42 Å². The predicted molar refractivity (Wildman–Crippen MR) is 69.5 cm³/mol. The Labute approximate surface area is 106 Å². The SMILES string of the molecule is Cc1ccsc1C(=O)N1CCC2(CCNC2)C1. The summed E-state index contributed by atoms with van der Waals surface area (Å²) in [6.45, 7) is 6.08. The number of amides is 1. The predicted octanol–water partition coefficient (Wildman–Crippen LogP) is 1.88. The van der Waals surface area contributed by atoms with Crippen molar-refractivity contribution >= 4 is 17.2 Å². The molecule has 1 aromatic heterocycles. The quantitative estimate of drug-likeness (QED) is 0.825. The van der Waals surface area contributed by atoms with E-state index in [4.69, 9.17) is 0 Å². The molecule has 1 amide bonds. The summed E-state index contributed by atoms with van der Waals surface area (Å²) < 4.78 is 0. The van der Waals surface area contributed by atoms with Crippen molar-refractivity contribution in [3.05, 3.63) is 21.9 Å². The fourth-order valence-electron chi connectivity index (χ4n) is 2.99. The monoisotopic (exact) mass is 250 g/mol. The lowest BCUT2D eigenvalue weighted by atomic mass is 9.87. The molecule has 0 bridgehead atoms. The molecule has 0 aliphatic carbocycles. The van der Waals surface area contributed by atoms with Gasteiger partial charge in [-0.2, -0.15) is 0 Å². The van der Waals surface area contributed by atoms with Gasteiger partial charge in [0, 0.05) is 25.0 Å². The van der Waals surface area contributed by atoms with Crippen molar-refractivity contribution in [2.45, 2.75) is 19.8 Å². The van der Waals surface area contributed by atoms with Gasteiger partial charge in [-0.25, -0.2) is 0 Å². The molecule has 92 valence electrons. The largest absolute Gasteiger partial charge is 0.337 e. The van der Waals surface area contributed by atoms with Gasteiger partial charge in [0.1, 0.15) is 0 Å². The summed E-state index contributed by atoms with van der Waals surface area (Å²) in [7, 11) is 0. The molecule has 0 radical (unpaired) electrons.